The SMILES string of the molecule is Fc1ccccc1-c1n[nH]c(=S)n1N=Cc1ccc(Br)cc1. The van der Waals surface area contributed by atoms with Crippen molar-refractivity contribution in [2.75, 3.05) is 0 Å². The molecule has 1 aromatic heterocycles. The predicted octanol–water partition coefficient (Wildman–Crippen LogP) is 4.39. The Morgan fingerprint density at radius 1 is 1.18 bits per heavy atom. The van der Waals surface area contributed by atoms with Crippen molar-refractivity contribution < 1.29 is 4.39 Å². The molecule has 3 aromatic rings. The summed E-state index contributed by atoms with van der Waals surface area (Å²) in [5.74, 6) is -0.0481. The maximum atomic E-state index is 13.9. The maximum absolute atomic E-state index is 13.9. The predicted molar refractivity (Wildman–Crippen MR) is 89.9 cm³/mol. The Kier molecular flexibility index (Phi) is 4.26. The van der Waals surface area contributed by atoms with E-state index in [-0.39, 0.29) is 5.82 Å². The lowest BCUT2D eigenvalue weighted by molar-refractivity contribution is 0.628. The largest absolute Gasteiger partial charge is 0.250 e. The molecular formula is C15H10BrFN4S. The molecule has 0 saturated heterocycles. The third-order valence-electron chi connectivity index (χ3n) is 2.96. The second-order valence-corrected chi connectivity index (χ2v) is 5.74. The summed E-state index contributed by atoms with van der Waals surface area (Å²) >= 11 is 8.53. The molecule has 0 aliphatic rings. The summed E-state index contributed by atoms with van der Waals surface area (Å²) in [6, 6.07) is 14.0. The highest BCUT2D eigenvalue weighted by atomic mass is 79.9. The lowest BCUT2D eigenvalue weighted by Crippen LogP contribution is -1.96. The Bertz CT molecular complexity index is 883. The Morgan fingerprint density at radius 3 is 2.64 bits per heavy atom. The molecule has 0 aliphatic carbocycles. The Hall–Kier alpha value is -2.12. The van der Waals surface area contributed by atoms with Gasteiger partial charge in [0.25, 0.3) is 0 Å². The lowest BCUT2D eigenvalue weighted by Gasteiger charge is -2.02. The number of hydrogen-bond donors (Lipinski definition) is 1. The molecule has 1 heterocycles. The van der Waals surface area contributed by atoms with Crippen molar-refractivity contribution in [3.8, 4) is 11.4 Å². The minimum atomic E-state index is -0.378. The first-order valence-corrected chi connectivity index (χ1v) is 7.57. The molecule has 22 heavy (non-hydrogen) atoms. The van der Waals surface area contributed by atoms with Crippen LogP contribution in [0.3, 0.4) is 0 Å². The van der Waals surface area contributed by atoms with E-state index in [1.54, 1.807) is 24.4 Å². The van der Waals surface area contributed by atoms with Crippen molar-refractivity contribution in [1.29, 1.82) is 0 Å². The standard InChI is InChI=1S/C15H10BrFN4S/c16-11-7-5-10(6-8-11)9-18-21-14(19-20-15(21)22)12-3-1-2-4-13(12)17/h1-9H,(H,20,22). The van der Waals surface area contributed by atoms with Gasteiger partial charge in [-0.05, 0) is 42.0 Å². The molecule has 4 nitrogen and oxygen atoms in total. The summed E-state index contributed by atoms with van der Waals surface area (Å²) < 4.78 is 16.6. The van der Waals surface area contributed by atoms with Gasteiger partial charge in [-0.1, -0.05) is 40.2 Å². The molecule has 1 N–H and O–H groups in total. The summed E-state index contributed by atoms with van der Waals surface area (Å²) in [4.78, 5) is 0. The third-order valence-corrected chi connectivity index (χ3v) is 3.75. The van der Waals surface area contributed by atoms with Crippen molar-refractivity contribution in [3.63, 3.8) is 0 Å². The number of H-pyrrole nitrogens is 1. The molecule has 0 atom stereocenters. The molecule has 7 heteroatoms. The molecule has 0 bridgehead atoms. The molecule has 2 aromatic carbocycles. The van der Waals surface area contributed by atoms with Gasteiger partial charge in [-0.2, -0.15) is 14.9 Å². The fraction of sp³-hybridized carbons (Fsp3) is 0. The number of aromatic amines is 1. The fourth-order valence-electron chi connectivity index (χ4n) is 1.89. The number of aromatic nitrogens is 3. The van der Waals surface area contributed by atoms with Crippen LogP contribution in [0.1, 0.15) is 5.56 Å². The van der Waals surface area contributed by atoms with Crippen LogP contribution in [0, 0.1) is 10.6 Å². The Labute approximate surface area is 139 Å². The normalized spacial score (nSPS) is 11.2. The number of benzene rings is 2. The van der Waals surface area contributed by atoms with E-state index < -0.39 is 0 Å². The van der Waals surface area contributed by atoms with Crippen LogP contribution in [-0.4, -0.2) is 21.1 Å². The molecule has 0 fully saturated rings. The molecule has 0 amide bonds. The zero-order valence-electron chi connectivity index (χ0n) is 11.2. The van der Waals surface area contributed by atoms with E-state index in [0.29, 0.717) is 16.2 Å². The van der Waals surface area contributed by atoms with Crippen molar-refractivity contribution in [2.45, 2.75) is 0 Å². The van der Waals surface area contributed by atoms with Gasteiger partial charge in [0.15, 0.2) is 5.82 Å². The smallest absolute Gasteiger partial charge is 0.216 e. The molecular weight excluding hydrogens is 367 g/mol. The zero-order chi connectivity index (χ0) is 15.5. The third kappa shape index (κ3) is 3.05. The van der Waals surface area contributed by atoms with E-state index in [9.17, 15) is 4.39 Å². The highest BCUT2D eigenvalue weighted by molar-refractivity contribution is 9.10. The number of nitrogens with zero attached hydrogens (tertiary/aromatic N) is 3. The first-order valence-electron chi connectivity index (χ1n) is 6.37. The summed E-state index contributed by atoms with van der Waals surface area (Å²) in [7, 11) is 0. The van der Waals surface area contributed by atoms with Crippen LogP contribution >= 0.6 is 28.1 Å². The summed E-state index contributed by atoms with van der Waals surface area (Å²) in [5, 5.41) is 11.0. The molecule has 3 rings (SSSR count). The van der Waals surface area contributed by atoms with Crippen LogP contribution in [-0.2, 0) is 0 Å². The van der Waals surface area contributed by atoms with Gasteiger partial charge in [-0.25, -0.2) is 9.49 Å². The van der Waals surface area contributed by atoms with Gasteiger partial charge in [0.05, 0.1) is 11.8 Å². The summed E-state index contributed by atoms with van der Waals surface area (Å²) in [5.41, 5.74) is 1.23. The average Bonchev–Trinajstić information content (AvgIpc) is 2.88. The molecule has 0 saturated carbocycles. The lowest BCUT2D eigenvalue weighted by atomic mass is 10.2. The zero-order valence-corrected chi connectivity index (χ0v) is 13.6. The van der Waals surface area contributed by atoms with Crippen LogP contribution in [0.4, 0.5) is 4.39 Å². The van der Waals surface area contributed by atoms with Gasteiger partial charge in [-0.15, -0.1) is 0 Å². The molecule has 0 unspecified atom stereocenters. The minimum Gasteiger partial charge on any atom is -0.250 e. The average molecular weight is 377 g/mol. The maximum Gasteiger partial charge on any atom is 0.216 e. The highest BCUT2D eigenvalue weighted by Crippen LogP contribution is 2.20. The molecule has 110 valence electrons. The van der Waals surface area contributed by atoms with E-state index in [4.69, 9.17) is 12.2 Å². The molecule has 0 aliphatic heterocycles. The van der Waals surface area contributed by atoms with Gasteiger partial charge >= 0.3 is 0 Å². The first kappa shape index (κ1) is 14.8. The Morgan fingerprint density at radius 2 is 1.91 bits per heavy atom. The van der Waals surface area contributed by atoms with Crippen molar-refractivity contribution in [1.82, 2.24) is 14.9 Å². The van der Waals surface area contributed by atoms with Gasteiger partial charge in [0.1, 0.15) is 5.82 Å². The number of hydrogen-bond acceptors (Lipinski definition) is 3. The summed E-state index contributed by atoms with van der Waals surface area (Å²) in [6.45, 7) is 0. The van der Waals surface area contributed by atoms with Crippen LogP contribution in [0.2, 0.25) is 0 Å². The van der Waals surface area contributed by atoms with E-state index >= 15 is 0 Å². The fourth-order valence-corrected chi connectivity index (χ4v) is 2.33. The van der Waals surface area contributed by atoms with E-state index in [1.165, 1.54) is 10.7 Å². The van der Waals surface area contributed by atoms with Crippen molar-refractivity contribution in [3.05, 3.63) is 69.2 Å². The van der Waals surface area contributed by atoms with E-state index in [0.717, 1.165) is 10.0 Å². The second-order valence-electron chi connectivity index (χ2n) is 4.44. The van der Waals surface area contributed by atoms with Gasteiger partial charge in [0.2, 0.25) is 4.77 Å². The number of halogens is 2. The van der Waals surface area contributed by atoms with Crippen LogP contribution in [0.5, 0.6) is 0 Å². The topological polar surface area (TPSA) is 46.0 Å². The van der Waals surface area contributed by atoms with E-state index in [2.05, 4.69) is 31.2 Å². The van der Waals surface area contributed by atoms with Crippen LogP contribution in [0.15, 0.2) is 58.1 Å². The van der Waals surface area contributed by atoms with E-state index in [1.807, 2.05) is 24.3 Å². The second kappa shape index (κ2) is 6.33. The molecule has 0 radical (unpaired) electrons. The monoisotopic (exact) mass is 376 g/mol. The first-order chi connectivity index (χ1) is 10.6. The molecule has 0 spiro atoms. The van der Waals surface area contributed by atoms with Gasteiger partial charge < -0.3 is 0 Å². The number of rotatable bonds is 3. The Balaban J connectivity index is 2.02. The van der Waals surface area contributed by atoms with Gasteiger partial charge in [-0.3, -0.25) is 0 Å². The van der Waals surface area contributed by atoms with Gasteiger partial charge in [0, 0.05) is 4.47 Å². The van der Waals surface area contributed by atoms with Crippen molar-refractivity contribution in [2.24, 2.45) is 5.10 Å². The highest BCUT2D eigenvalue weighted by Gasteiger charge is 2.12. The summed E-state index contributed by atoms with van der Waals surface area (Å²) in [6.07, 6.45) is 1.64. The van der Waals surface area contributed by atoms with Crippen LogP contribution < -0.4 is 0 Å². The van der Waals surface area contributed by atoms with Crippen LogP contribution in [0.25, 0.3) is 11.4 Å². The van der Waals surface area contributed by atoms with Crippen molar-refractivity contribution >= 4 is 34.4 Å². The number of nitrogens with one attached hydrogen (secondary N) is 1. The quantitative estimate of drug-likeness (QED) is 0.544. The minimum absolute atomic E-state index is 0.298.